The zero-order valence-corrected chi connectivity index (χ0v) is 10.5. The topological polar surface area (TPSA) is 61.4 Å². The number of piperidine rings is 1. The van der Waals surface area contributed by atoms with Gasteiger partial charge < -0.3 is 15.7 Å². The Morgan fingerprint density at radius 2 is 2.19 bits per heavy atom. The van der Waals surface area contributed by atoms with Gasteiger partial charge in [-0.05, 0) is 37.1 Å². The van der Waals surface area contributed by atoms with E-state index in [0.29, 0.717) is 23.9 Å². The second-order valence-electron chi connectivity index (χ2n) is 5.78. The van der Waals surface area contributed by atoms with Gasteiger partial charge in [-0.3, -0.25) is 0 Å². The molecular weight excluding hydrogens is 204 g/mol. The molecule has 0 aromatic carbocycles. The van der Waals surface area contributed by atoms with Crippen molar-refractivity contribution in [2.75, 3.05) is 13.1 Å². The van der Waals surface area contributed by atoms with Crippen LogP contribution in [0.3, 0.4) is 0 Å². The molecule has 0 saturated carbocycles. The first-order valence-electron chi connectivity index (χ1n) is 6.10. The summed E-state index contributed by atoms with van der Waals surface area (Å²) in [5.74, 6) is 0.650. The molecule has 16 heavy (non-hydrogen) atoms. The molecule has 3 N–H and O–H groups in total. The first-order valence-corrected chi connectivity index (χ1v) is 6.10. The normalized spacial score (nSPS) is 26.4. The van der Waals surface area contributed by atoms with Crippen molar-refractivity contribution in [3.8, 4) is 0 Å². The SMILES string of the molecule is CC(C)(C)C1CC(CCNC(=O)O)CCN1. The van der Waals surface area contributed by atoms with Crippen LogP contribution in [0.2, 0.25) is 0 Å². The van der Waals surface area contributed by atoms with Crippen molar-refractivity contribution < 1.29 is 9.90 Å². The number of amides is 1. The zero-order valence-electron chi connectivity index (χ0n) is 10.5. The van der Waals surface area contributed by atoms with Crippen LogP contribution < -0.4 is 10.6 Å². The van der Waals surface area contributed by atoms with Crippen molar-refractivity contribution in [1.82, 2.24) is 10.6 Å². The van der Waals surface area contributed by atoms with Crippen LogP contribution in [0.4, 0.5) is 4.79 Å². The predicted molar refractivity (Wildman–Crippen MR) is 64.6 cm³/mol. The summed E-state index contributed by atoms with van der Waals surface area (Å²) in [5, 5.41) is 14.5. The lowest BCUT2D eigenvalue weighted by Gasteiger charge is -2.38. The molecule has 1 aliphatic rings. The van der Waals surface area contributed by atoms with E-state index in [-0.39, 0.29) is 0 Å². The quantitative estimate of drug-likeness (QED) is 0.693. The molecule has 1 amide bonds. The molecular formula is C12H24N2O2. The molecule has 2 atom stereocenters. The Morgan fingerprint density at radius 1 is 1.50 bits per heavy atom. The van der Waals surface area contributed by atoms with Gasteiger partial charge in [0.15, 0.2) is 0 Å². The van der Waals surface area contributed by atoms with Crippen LogP contribution in [0.5, 0.6) is 0 Å². The van der Waals surface area contributed by atoms with E-state index < -0.39 is 6.09 Å². The van der Waals surface area contributed by atoms with E-state index in [0.717, 1.165) is 25.8 Å². The minimum Gasteiger partial charge on any atom is -0.465 e. The fourth-order valence-electron chi connectivity index (χ4n) is 2.30. The molecule has 0 aliphatic carbocycles. The third-order valence-electron chi connectivity index (χ3n) is 3.39. The van der Waals surface area contributed by atoms with Gasteiger partial charge in [0.1, 0.15) is 0 Å². The summed E-state index contributed by atoms with van der Waals surface area (Å²) in [5.41, 5.74) is 0.291. The summed E-state index contributed by atoms with van der Waals surface area (Å²) < 4.78 is 0. The Balaban J connectivity index is 2.31. The molecule has 0 aromatic heterocycles. The van der Waals surface area contributed by atoms with Gasteiger partial charge in [0.25, 0.3) is 0 Å². The van der Waals surface area contributed by atoms with Crippen LogP contribution >= 0.6 is 0 Å². The lowest BCUT2D eigenvalue weighted by Crippen LogP contribution is -2.46. The number of hydrogen-bond acceptors (Lipinski definition) is 2. The van der Waals surface area contributed by atoms with Crippen LogP contribution in [0.1, 0.15) is 40.0 Å². The molecule has 0 radical (unpaired) electrons. The molecule has 1 heterocycles. The van der Waals surface area contributed by atoms with Gasteiger partial charge in [0.2, 0.25) is 0 Å². The zero-order chi connectivity index (χ0) is 12.2. The van der Waals surface area contributed by atoms with Gasteiger partial charge in [-0.25, -0.2) is 4.79 Å². The first kappa shape index (κ1) is 13.3. The monoisotopic (exact) mass is 228 g/mol. The highest BCUT2D eigenvalue weighted by Crippen LogP contribution is 2.30. The molecule has 1 rings (SSSR count). The molecule has 0 bridgehead atoms. The number of carbonyl (C=O) groups is 1. The number of nitrogens with one attached hydrogen (secondary N) is 2. The minimum atomic E-state index is -0.915. The van der Waals surface area contributed by atoms with Crippen LogP contribution in [0.15, 0.2) is 0 Å². The first-order chi connectivity index (χ1) is 7.39. The predicted octanol–water partition coefficient (Wildman–Crippen LogP) is 2.06. The highest BCUT2D eigenvalue weighted by molar-refractivity contribution is 5.64. The Labute approximate surface area is 97.8 Å². The van der Waals surface area contributed by atoms with Gasteiger partial charge in [0.05, 0.1) is 0 Å². The molecule has 4 heteroatoms. The maximum absolute atomic E-state index is 10.3. The van der Waals surface area contributed by atoms with E-state index in [1.807, 2.05) is 0 Å². The average Bonchev–Trinajstić information content (AvgIpc) is 2.16. The fourth-order valence-corrected chi connectivity index (χ4v) is 2.30. The van der Waals surface area contributed by atoms with Gasteiger partial charge in [-0.15, -0.1) is 0 Å². The maximum atomic E-state index is 10.3. The van der Waals surface area contributed by atoms with E-state index in [4.69, 9.17) is 5.11 Å². The largest absolute Gasteiger partial charge is 0.465 e. The number of hydrogen-bond donors (Lipinski definition) is 3. The van der Waals surface area contributed by atoms with E-state index >= 15 is 0 Å². The summed E-state index contributed by atoms with van der Waals surface area (Å²) in [6, 6.07) is 0.552. The van der Waals surface area contributed by atoms with Crippen LogP contribution in [0.25, 0.3) is 0 Å². The Morgan fingerprint density at radius 3 is 2.75 bits per heavy atom. The summed E-state index contributed by atoms with van der Waals surface area (Å²) in [7, 11) is 0. The van der Waals surface area contributed by atoms with Crippen LogP contribution in [-0.2, 0) is 0 Å². The molecule has 4 nitrogen and oxygen atoms in total. The summed E-state index contributed by atoms with van der Waals surface area (Å²) in [6.07, 6.45) is 2.36. The lowest BCUT2D eigenvalue weighted by molar-refractivity contribution is 0.174. The lowest BCUT2D eigenvalue weighted by atomic mass is 9.77. The summed E-state index contributed by atoms with van der Waals surface area (Å²) >= 11 is 0. The summed E-state index contributed by atoms with van der Waals surface area (Å²) in [4.78, 5) is 10.3. The Bertz CT molecular complexity index is 236. The number of carboxylic acid groups (broad SMARTS) is 1. The van der Waals surface area contributed by atoms with Gasteiger partial charge in [-0.2, -0.15) is 0 Å². The van der Waals surface area contributed by atoms with Crippen molar-refractivity contribution in [1.29, 1.82) is 0 Å². The smallest absolute Gasteiger partial charge is 0.404 e. The Hall–Kier alpha value is -0.770. The van der Waals surface area contributed by atoms with E-state index in [1.165, 1.54) is 0 Å². The molecule has 0 spiro atoms. The molecule has 2 unspecified atom stereocenters. The van der Waals surface area contributed by atoms with Crippen molar-refractivity contribution in [2.45, 2.75) is 46.1 Å². The standard InChI is InChI=1S/C12H24N2O2/c1-12(2,3)10-8-9(4-6-13-10)5-7-14-11(15)16/h9-10,13-14H,4-8H2,1-3H3,(H,15,16). The molecule has 1 fully saturated rings. The van der Waals surface area contributed by atoms with Crippen molar-refractivity contribution in [2.24, 2.45) is 11.3 Å². The van der Waals surface area contributed by atoms with Gasteiger partial charge >= 0.3 is 6.09 Å². The van der Waals surface area contributed by atoms with E-state index in [1.54, 1.807) is 0 Å². The van der Waals surface area contributed by atoms with Crippen molar-refractivity contribution in [3.05, 3.63) is 0 Å². The molecule has 94 valence electrons. The third-order valence-corrected chi connectivity index (χ3v) is 3.39. The van der Waals surface area contributed by atoms with Gasteiger partial charge in [0, 0.05) is 12.6 Å². The second-order valence-corrected chi connectivity index (χ2v) is 5.78. The second kappa shape index (κ2) is 5.53. The molecule has 0 aromatic rings. The molecule has 1 aliphatic heterocycles. The third kappa shape index (κ3) is 4.39. The van der Waals surface area contributed by atoms with Crippen LogP contribution in [0, 0.1) is 11.3 Å². The van der Waals surface area contributed by atoms with Crippen LogP contribution in [-0.4, -0.2) is 30.3 Å². The highest BCUT2D eigenvalue weighted by Gasteiger charge is 2.29. The minimum absolute atomic E-state index is 0.291. The Kier molecular flexibility index (Phi) is 4.59. The summed E-state index contributed by atoms with van der Waals surface area (Å²) in [6.45, 7) is 8.39. The van der Waals surface area contributed by atoms with Crippen molar-refractivity contribution in [3.63, 3.8) is 0 Å². The highest BCUT2D eigenvalue weighted by atomic mass is 16.4. The maximum Gasteiger partial charge on any atom is 0.404 e. The van der Waals surface area contributed by atoms with E-state index in [2.05, 4.69) is 31.4 Å². The van der Waals surface area contributed by atoms with E-state index in [9.17, 15) is 4.79 Å². The molecule has 1 saturated heterocycles. The van der Waals surface area contributed by atoms with Gasteiger partial charge in [-0.1, -0.05) is 20.8 Å². The van der Waals surface area contributed by atoms with Crippen molar-refractivity contribution >= 4 is 6.09 Å². The fraction of sp³-hybridized carbons (Fsp3) is 0.917. The number of rotatable bonds is 3. The average molecular weight is 228 g/mol.